The van der Waals surface area contributed by atoms with Crippen molar-refractivity contribution in [2.45, 2.75) is 13.0 Å². The molecule has 0 aliphatic carbocycles. The summed E-state index contributed by atoms with van der Waals surface area (Å²) in [4.78, 5) is 14.8. The molecule has 0 bridgehead atoms. The van der Waals surface area contributed by atoms with Gasteiger partial charge in [0.15, 0.2) is 0 Å². The van der Waals surface area contributed by atoms with Crippen LogP contribution in [0.5, 0.6) is 11.5 Å². The van der Waals surface area contributed by atoms with Crippen molar-refractivity contribution < 1.29 is 14.3 Å². The summed E-state index contributed by atoms with van der Waals surface area (Å²) in [7, 11) is 5.43. The van der Waals surface area contributed by atoms with Crippen LogP contribution in [0.15, 0.2) is 59.2 Å². The van der Waals surface area contributed by atoms with Gasteiger partial charge in [0.2, 0.25) is 5.91 Å². The number of nitrogens with zero attached hydrogens (tertiary/aromatic N) is 3. The van der Waals surface area contributed by atoms with Gasteiger partial charge in [-0.25, -0.2) is 5.01 Å². The fraction of sp³-hybridized carbons (Fsp3) is 0.333. The number of likely N-dealkylation sites (tertiary alicyclic amines) is 1. The molecule has 2 aromatic carbocycles. The van der Waals surface area contributed by atoms with Crippen LogP contribution >= 0.6 is 0 Å². The number of carbonyl (C=O) groups excluding carboxylic acids is 1. The lowest BCUT2D eigenvalue weighted by molar-refractivity contribution is -0.131. The third-order valence-corrected chi connectivity index (χ3v) is 5.73. The van der Waals surface area contributed by atoms with Crippen molar-refractivity contribution in [2.75, 3.05) is 34.4 Å². The third-order valence-electron chi connectivity index (χ3n) is 5.73. The number of rotatable bonds is 4. The van der Waals surface area contributed by atoms with Gasteiger partial charge in [-0.15, -0.1) is 0 Å². The van der Waals surface area contributed by atoms with Gasteiger partial charge in [0.25, 0.3) is 0 Å². The van der Waals surface area contributed by atoms with Crippen LogP contribution in [0.3, 0.4) is 0 Å². The highest BCUT2D eigenvalue weighted by atomic mass is 16.5. The topological polar surface area (TPSA) is 54.4 Å². The molecule has 6 nitrogen and oxygen atoms in total. The lowest BCUT2D eigenvalue weighted by atomic mass is 9.83. The summed E-state index contributed by atoms with van der Waals surface area (Å²) in [6, 6.07) is 15.8. The molecule has 2 aliphatic heterocycles. The maximum atomic E-state index is 12.5. The summed E-state index contributed by atoms with van der Waals surface area (Å²) < 4.78 is 10.6. The van der Waals surface area contributed by atoms with Gasteiger partial charge in [-0.3, -0.25) is 4.79 Å². The molecule has 1 fully saturated rings. The van der Waals surface area contributed by atoms with E-state index in [1.807, 2.05) is 48.5 Å². The highest BCUT2D eigenvalue weighted by Gasteiger charge is 2.44. The average Bonchev–Trinajstić information content (AvgIpc) is 3.14. The number of benzene rings is 2. The van der Waals surface area contributed by atoms with Gasteiger partial charge in [-0.1, -0.05) is 24.3 Å². The van der Waals surface area contributed by atoms with Crippen LogP contribution in [0.4, 0.5) is 0 Å². The zero-order chi connectivity index (χ0) is 21.3. The minimum atomic E-state index is -0.120. The van der Waals surface area contributed by atoms with Crippen LogP contribution in [0.2, 0.25) is 0 Å². The molecule has 2 heterocycles. The number of ether oxygens (including phenoxy) is 2. The van der Waals surface area contributed by atoms with Crippen LogP contribution in [-0.4, -0.2) is 55.9 Å². The monoisotopic (exact) mass is 405 g/mol. The molecule has 0 radical (unpaired) electrons. The van der Waals surface area contributed by atoms with E-state index in [9.17, 15) is 4.79 Å². The van der Waals surface area contributed by atoms with Gasteiger partial charge >= 0.3 is 0 Å². The Kier molecular flexibility index (Phi) is 5.59. The van der Waals surface area contributed by atoms with Crippen molar-refractivity contribution in [1.82, 2.24) is 9.91 Å². The maximum absolute atomic E-state index is 12.5. The Balaban J connectivity index is 1.71. The molecule has 2 atom stereocenters. The van der Waals surface area contributed by atoms with Gasteiger partial charge in [0.05, 0.1) is 26.0 Å². The molecule has 2 aromatic rings. The van der Waals surface area contributed by atoms with Gasteiger partial charge < -0.3 is 14.4 Å². The molecule has 30 heavy (non-hydrogen) atoms. The van der Waals surface area contributed by atoms with Crippen molar-refractivity contribution in [3.63, 3.8) is 0 Å². The van der Waals surface area contributed by atoms with Crippen molar-refractivity contribution in [3.8, 4) is 11.5 Å². The number of amides is 1. The summed E-state index contributed by atoms with van der Waals surface area (Å²) in [5, 5.41) is 6.45. The van der Waals surface area contributed by atoms with Crippen LogP contribution in [0.25, 0.3) is 6.08 Å². The van der Waals surface area contributed by atoms with Crippen LogP contribution in [-0.2, 0) is 4.79 Å². The minimum Gasteiger partial charge on any atom is -0.497 e. The molecule has 0 N–H and O–H groups in total. The number of carbonyl (C=O) groups is 1. The molecule has 2 unspecified atom stereocenters. The van der Waals surface area contributed by atoms with Crippen LogP contribution < -0.4 is 9.47 Å². The Morgan fingerprint density at radius 3 is 2.20 bits per heavy atom. The van der Waals surface area contributed by atoms with Gasteiger partial charge in [0, 0.05) is 25.9 Å². The molecular formula is C24H27N3O3. The first-order chi connectivity index (χ1) is 14.5. The highest BCUT2D eigenvalue weighted by Crippen LogP contribution is 2.41. The molecule has 1 saturated heterocycles. The second-order valence-corrected chi connectivity index (χ2v) is 7.81. The van der Waals surface area contributed by atoms with E-state index in [1.165, 1.54) is 0 Å². The first-order valence-electron chi connectivity index (χ1n) is 10.1. The first kappa shape index (κ1) is 20.2. The SMILES string of the molecule is COc1ccc(/C=C2/CN(C)CC3C2=NN(C(C)=O)C3c2ccc(OC)cc2)cc1. The fourth-order valence-corrected chi connectivity index (χ4v) is 4.29. The second-order valence-electron chi connectivity index (χ2n) is 7.81. The quantitative estimate of drug-likeness (QED) is 0.780. The number of hydrazone groups is 1. The lowest BCUT2D eigenvalue weighted by Gasteiger charge is -2.34. The van der Waals surface area contributed by atoms with Gasteiger partial charge in [-0.05, 0) is 54.1 Å². The third kappa shape index (κ3) is 3.83. The molecule has 0 spiro atoms. The smallest absolute Gasteiger partial charge is 0.240 e. The number of likely N-dealkylation sites (N-methyl/N-ethyl adjacent to an activating group) is 1. The van der Waals surface area contributed by atoms with E-state index in [2.05, 4.69) is 18.0 Å². The van der Waals surface area contributed by atoms with Crippen molar-refractivity contribution in [3.05, 3.63) is 65.2 Å². The van der Waals surface area contributed by atoms with E-state index in [0.29, 0.717) is 0 Å². The Morgan fingerprint density at radius 2 is 1.63 bits per heavy atom. The van der Waals surface area contributed by atoms with Crippen LogP contribution in [0, 0.1) is 5.92 Å². The number of piperidine rings is 1. The van der Waals surface area contributed by atoms with E-state index in [1.54, 1.807) is 26.2 Å². The summed E-state index contributed by atoms with van der Waals surface area (Å²) in [5.41, 5.74) is 4.29. The zero-order valence-corrected chi connectivity index (χ0v) is 17.8. The average molecular weight is 405 g/mol. The number of hydrogen-bond acceptors (Lipinski definition) is 5. The van der Waals surface area contributed by atoms with E-state index in [0.717, 1.165) is 47.0 Å². The maximum Gasteiger partial charge on any atom is 0.240 e. The normalized spacial score (nSPS) is 22.6. The number of fused-ring (bicyclic) bond motifs is 1. The Labute approximate surface area is 177 Å². The van der Waals surface area contributed by atoms with Crippen molar-refractivity contribution in [2.24, 2.45) is 11.0 Å². The largest absolute Gasteiger partial charge is 0.497 e. The molecule has 6 heteroatoms. The number of methoxy groups -OCH3 is 2. The molecule has 0 saturated carbocycles. The molecule has 1 amide bonds. The molecule has 0 aromatic heterocycles. The van der Waals surface area contributed by atoms with E-state index in [4.69, 9.17) is 14.6 Å². The molecule has 2 aliphatic rings. The van der Waals surface area contributed by atoms with E-state index in [-0.39, 0.29) is 17.9 Å². The second kappa shape index (κ2) is 8.32. The predicted molar refractivity (Wildman–Crippen MR) is 118 cm³/mol. The molecule has 4 rings (SSSR count). The summed E-state index contributed by atoms with van der Waals surface area (Å²) >= 11 is 0. The Hall–Kier alpha value is -3.12. The Morgan fingerprint density at radius 1 is 1.03 bits per heavy atom. The summed E-state index contributed by atoms with van der Waals surface area (Å²) in [6.07, 6.45) is 2.16. The molecular weight excluding hydrogens is 378 g/mol. The fourth-order valence-electron chi connectivity index (χ4n) is 4.29. The molecule has 156 valence electrons. The summed E-state index contributed by atoms with van der Waals surface area (Å²) in [5.74, 6) is 1.69. The standard InChI is InChI=1S/C24H27N3O3/c1-16(28)27-24(18-7-11-21(30-4)12-8-18)22-15-26(2)14-19(23(22)25-27)13-17-5-9-20(29-3)10-6-17/h5-13,22,24H,14-15H2,1-4H3/b19-13-. The minimum absolute atomic E-state index is 0.0517. The van der Waals surface area contributed by atoms with E-state index >= 15 is 0 Å². The Bertz CT molecular complexity index is 980. The zero-order valence-electron chi connectivity index (χ0n) is 17.8. The van der Waals surface area contributed by atoms with Gasteiger partial charge in [-0.2, -0.15) is 5.10 Å². The predicted octanol–water partition coefficient (Wildman–Crippen LogP) is 3.61. The van der Waals surface area contributed by atoms with Crippen molar-refractivity contribution >= 4 is 17.7 Å². The number of hydrogen-bond donors (Lipinski definition) is 0. The highest BCUT2D eigenvalue weighted by molar-refractivity contribution is 6.08. The van der Waals surface area contributed by atoms with Crippen molar-refractivity contribution in [1.29, 1.82) is 0 Å². The first-order valence-corrected chi connectivity index (χ1v) is 10.1. The lowest BCUT2D eigenvalue weighted by Crippen LogP contribution is -2.42. The summed E-state index contributed by atoms with van der Waals surface area (Å²) in [6.45, 7) is 3.22. The van der Waals surface area contributed by atoms with E-state index < -0.39 is 0 Å². The van der Waals surface area contributed by atoms with Gasteiger partial charge in [0.1, 0.15) is 11.5 Å². The van der Waals surface area contributed by atoms with Crippen LogP contribution in [0.1, 0.15) is 24.1 Å².